The lowest BCUT2D eigenvalue weighted by molar-refractivity contribution is 0.462. The van der Waals surface area contributed by atoms with Crippen molar-refractivity contribution in [2.45, 2.75) is 34.1 Å². The fourth-order valence-electron chi connectivity index (χ4n) is 2.30. The van der Waals surface area contributed by atoms with Crippen molar-refractivity contribution in [1.29, 1.82) is 0 Å². The van der Waals surface area contributed by atoms with E-state index in [1.165, 1.54) is 6.42 Å². The van der Waals surface area contributed by atoms with Crippen molar-refractivity contribution in [3.05, 3.63) is 0 Å². The molecule has 0 amide bonds. The summed E-state index contributed by atoms with van der Waals surface area (Å²) in [7, 11) is 0. The average molecular weight is 155 g/mol. The molecule has 1 aliphatic rings. The molecule has 0 saturated heterocycles. The maximum atomic E-state index is 5.68. The molecule has 1 nitrogen and oxygen atoms in total. The van der Waals surface area contributed by atoms with Crippen LogP contribution in [-0.2, 0) is 0 Å². The van der Waals surface area contributed by atoms with E-state index in [-0.39, 0.29) is 0 Å². The highest BCUT2D eigenvalue weighted by molar-refractivity contribution is 5.05. The van der Waals surface area contributed by atoms with Crippen LogP contribution in [0.1, 0.15) is 34.1 Å². The summed E-state index contributed by atoms with van der Waals surface area (Å²) >= 11 is 0. The molecular weight excluding hydrogens is 134 g/mol. The van der Waals surface area contributed by atoms with Gasteiger partial charge in [-0.25, -0.2) is 0 Å². The average Bonchev–Trinajstić information content (AvgIpc) is 2.33. The first-order valence-electron chi connectivity index (χ1n) is 4.70. The van der Waals surface area contributed by atoms with Crippen molar-refractivity contribution in [2.75, 3.05) is 6.54 Å². The van der Waals surface area contributed by atoms with Crippen LogP contribution < -0.4 is 5.73 Å². The van der Waals surface area contributed by atoms with Gasteiger partial charge in [0.1, 0.15) is 0 Å². The third-order valence-corrected chi connectivity index (χ3v) is 3.27. The second kappa shape index (κ2) is 2.78. The molecule has 1 rings (SSSR count). The van der Waals surface area contributed by atoms with Crippen LogP contribution in [0.15, 0.2) is 0 Å². The van der Waals surface area contributed by atoms with Crippen LogP contribution in [0.4, 0.5) is 0 Å². The quantitative estimate of drug-likeness (QED) is 0.664. The van der Waals surface area contributed by atoms with E-state index >= 15 is 0 Å². The van der Waals surface area contributed by atoms with E-state index in [1.807, 2.05) is 0 Å². The van der Waals surface area contributed by atoms with E-state index in [0.717, 1.165) is 24.3 Å². The van der Waals surface area contributed by atoms with E-state index in [4.69, 9.17) is 5.73 Å². The van der Waals surface area contributed by atoms with E-state index in [2.05, 4.69) is 27.7 Å². The molecule has 0 aromatic heterocycles. The van der Waals surface area contributed by atoms with Crippen LogP contribution in [0, 0.1) is 23.2 Å². The van der Waals surface area contributed by atoms with Crippen molar-refractivity contribution in [2.24, 2.45) is 28.9 Å². The molecule has 1 heteroatoms. The fraction of sp³-hybridized carbons (Fsp3) is 1.00. The molecule has 0 aromatic carbocycles. The van der Waals surface area contributed by atoms with Gasteiger partial charge in [-0.15, -0.1) is 0 Å². The number of hydrogen-bond acceptors (Lipinski definition) is 1. The molecule has 0 spiro atoms. The normalized spacial score (nSPS) is 34.4. The first-order chi connectivity index (χ1) is 5.00. The van der Waals surface area contributed by atoms with Gasteiger partial charge in [-0.3, -0.25) is 0 Å². The predicted octanol–water partition coefficient (Wildman–Crippen LogP) is 2.26. The molecular formula is C10H21N. The molecule has 2 unspecified atom stereocenters. The summed E-state index contributed by atoms with van der Waals surface area (Å²) < 4.78 is 0. The Morgan fingerprint density at radius 3 is 2.09 bits per heavy atom. The minimum atomic E-state index is 0.541. The van der Waals surface area contributed by atoms with Gasteiger partial charge in [0.2, 0.25) is 0 Å². The Bertz CT molecular complexity index is 138. The third kappa shape index (κ3) is 1.58. The predicted molar refractivity (Wildman–Crippen MR) is 49.3 cm³/mol. The highest BCUT2D eigenvalue weighted by Gasteiger charge is 2.55. The summed E-state index contributed by atoms with van der Waals surface area (Å²) in [5, 5.41) is 0. The van der Waals surface area contributed by atoms with Crippen LogP contribution in [0.25, 0.3) is 0 Å². The summed E-state index contributed by atoms with van der Waals surface area (Å²) in [4.78, 5) is 0. The van der Waals surface area contributed by atoms with Crippen molar-refractivity contribution in [3.8, 4) is 0 Å². The number of rotatable bonds is 3. The first-order valence-corrected chi connectivity index (χ1v) is 4.70. The Morgan fingerprint density at radius 2 is 1.82 bits per heavy atom. The lowest BCUT2D eigenvalue weighted by Crippen LogP contribution is -2.05. The molecule has 0 radical (unpaired) electrons. The Labute approximate surface area is 70.4 Å². The van der Waals surface area contributed by atoms with E-state index in [1.54, 1.807) is 0 Å². The molecule has 1 aliphatic carbocycles. The standard InChI is InChI=1S/C10H21N/c1-7(2)5-8-9(6-11)10(8,3)4/h7-9H,5-6,11H2,1-4H3. The first kappa shape index (κ1) is 9.05. The summed E-state index contributed by atoms with van der Waals surface area (Å²) in [6, 6.07) is 0. The van der Waals surface area contributed by atoms with Crippen LogP contribution in [0.2, 0.25) is 0 Å². The molecule has 1 fully saturated rings. The van der Waals surface area contributed by atoms with Crippen molar-refractivity contribution in [3.63, 3.8) is 0 Å². The molecule has 0 aliphatic heterocycles. The summed E-state index contributed by atoms with van der Waals surface area (Å²) in [5.74, 6) is 2.52. The van der Waals surface area contributed by atoms with Gasteiger partial charge in [0, 0.05) is 0 Å². The maximum Gasteiger partial charge on any atom is -0.00408 e. The summed E-state index contributed by atoms with van der Waals surface area (Å²) in [5.41, 5.74) is 6.22. The van der Waals surface area contributed by atoms with Gasteiger partial charge in [0.25, 0.3) is 0 Å². The zero-order valence-electron chi connectivity index (χ0n) is 8.22. The Balaban J connectivity index is 2.39. The monoisotopic (exact) mass is 155 g/mol. The largest absolute Gasteiger partial charge is 0.330 e. The maximum absolute atomic E-state index is 5.68. The van der Waals surface area contributed by atoms with Gasteiger partial charge in [0.05, 0.1) is 0 Å². The van der Waals surface area contributed by atoms with E-state index in [0.29, 0.717) is 5.41 Å². The third-order valence-electron chi connectivity index (χ3n) is 3.27. The van der Waals surface area contributed by atoms with Crippen molar-refractivity contribution in [1.82, 2.24) is 0 Å². The van der Waals surface area contributed by atoms with Gasteiger partial charge in [-0.05, 0) is 36.1 Å². The Kier molecular flexibility index (Phi) is 2.29. The lowest BCUT2D eigenvalue weighted by atomic mass is 10.0. The topological polar surface area (TPSA) is 26.0 Å². The van der Waals surface area contributed by atoms with Gasteiger partial charge in [-0.1, -0.05) is 27.7 Å². The fourth-order valence-corrected chi connectivity index (χ4v) is 2.30. The SMILES string of the molecule is CC(C)CC1C(CN)C1(C)C. The molecule has 66 valence electrons. The van der Waals surface area contributed by atoms with Crippen molar-refractivity contribution < 1.29 is 0 Å². The molecule has 0 bridgehead atoms. The summed E-state index contributed by atoms with van der Waals surface area (Å²) in [6.07, 6.45) is 1.36. The van der Waals surface area contributed by atoms with Crippen molar-refractivity contribution >= 4 is 0 Å². The zero-order chi connectivity index (χ0) is 8.65. The second-order valence-corrected chi connectivity index (χ2v) is 4.90. The highest BCUT2D eigenvalue weighted by atomic mass is 14.7. The number of nitrogens with two attached hydrogens (primary N) is 1. The molecule has 2 N–H and O–H groups in total. The molecule has 0 aromatic rings. The van der Waals surface area contributed by atoms with Crippen LogP contribution in [-0.4, -0.2) is 6.54 Å². The van der Waals surface area contributed by atoms with Gasteiger partial charge in [0.15, 0.2) is 0 Å². The second-order valence-electron chi connectivity index (χ2n) is 4.90. The van der Waals surface area contributed by atoms with Gasteiger partial charge in [-0.2, -0.15) is 0 Å². The minimum absolute atomic E-state index is 0.541. The smallest absolute Gasteiger partial charge is 0.00408 e. The zero-order valence-corrected chi connectivity index (χ0v) is 8.22. The Hall–Kier alpha value is -0.0400. The van der Waals surface area contributed by atoms with E-state index in [9.17, 15) is 0 Å². The van der Waals surface area contributed by atoms with Gasteiger partial charge >= 0.3 is 0 Å². The molecule has 11 heavy (non-hydrogen) atoms. The Morgan fingerprint density at radius 1 is 1.27 bits per heavy atom. The summed E-state index contributed by atoms with van der Waals surface area (Å²) in [6.45, 7) is 10.2. The molecule has 0 heterocycles. The molecule has 1 saturated carbocycles. The van der Waals surface area contributed by atoms with Crippen LogP contribution in [0.5, 0.6) is 0 Å². The molecule has 2 atom stereocenters. The number of hydrogen-bond donors (Lipinski definition) is 1. The van der Waals surface area contributed by atoms with Crippen LogP contribution in [0.3, 0.4) is 0 Å². The minimum Gasteiger partial charge on any atom is -0.330 e. The highest BCUT2D eigenvalue weighted by Crippen LogP contribution is 2.60. The lowest BCUT2D eigenvalue weighted by Gasteiger charge is -2.04. The van der Waals surface area contributed by atoms with E-state index < -0.39 is 0 Å². The van der Waals surface area contributed by atoms with Crippen LogP contribution >= 0.6 is 0 Å². The van der Waals surface area contributed by atoms with Gasteiger partial charge < -0.3 is 5.73 Å².